The number of benzene rings is 1. The average molecular weight is 382 g/mol. The molecule has 7 heteroatoms. The Labute approximate surface area is 163 Å². The van der Waals surface area contributed by atoms with Gasteiger partial charge in [0.25, 0.3) is 5.56 Å². The molecule has 6 nitrogen and oxygen atoms in total. The van der Waals surface area contributed by atoms with E-state index in [0.29, 0.717) is 34.1 Å². The maximum Gasteiger partial charge on any atom is 0.252 e. The smallest absolute Gasteiger partial charge is 0.252 e. The lowest BCUT2D eigenvalue weighted by Gasteiger charge is -2.21. The number of dihydropyridines is 1. The molecular weight excluding hydrogens is 359 g/mol. The summed E-state index contributed by atoms with van der Waals surface area (Å²) >= 11 is 0. The Balaban J connectivity index is 0.00000160. The zero-order valence-corrected chi connectivity index (χ0v) is 15.4. The molecule has 1 aromatic heterocycles. The summed E-state index contributed by atoms with van der Waals surface area (Å²) in [5.74, 6) is -0.656. The van der Waals surface area contributed by atoms with Crippen LogP contribution in [0.25, 0.3) is 10.9 Å². The molecule has 2 aliphatic rings. The van der Waals surface area contributed by atoms with Gasteiger partial charge in [0.2, 0.25) is 5.91 Å². The summed E-state index contributed by atoms with van der Waals surface area (Å²) in [6, 6.07) is 6.17. The van der Waals surface area contributed by atoms with Crippen LogP contribution in [0.15, 0.2) is 45.9 Å². The molecule has 1 aromatic carbocycles. The monoisotopic (exact) mass is 382 g/mol. The molecule has 0 unspecified atom stereocenters. The van der Waals surface area contributed by atoms with Crippen LogP contribution < -0.4 is 16.2 Å². The third-order valence-corrected chi connectivity index (χ3v) is 5.39. The van der Waals surface area contributed by atoms with Gasteiger partial charge in [0.1, 0.15) is 5.82 Å². The number of hydrogen-bond donors (Lipinski definition) is 3. The van der Waals surface area contributed by atoms with Crippen molar-refractivity contribution in [2.45, 2.75) is 32.2 Å². The Bertz CT molecular complexity index is 1160. The highest BCUT2D eigenvalue weighted by Crippen LogP contribution is 2.29. The lowest BCUT2D eigenvalue weighted by molar-refractivity contribution is -0.120. The number of hydrogen-bond acceptors (Lipinski definition) is 4. The number of aromatic nitrogens is 1. The van der Waals surface area contributed by atoms with Crippen LogP contribution in [-0.4, -0.2) is 23.5 Å². The van der Waals surface area contributed by atoms with Crippen molar-refractivity contribution in [3.05, 3.63) is 68.4 Å². The van der Waals surface area contributed by atoms with E-state index in [1.807, 2.05) is 6.08 Å². The number of fused-ring (bicyclic) bond motifs is 1. The van der Waals surface area contributed by atoms with Crippen LogP contribution in [-0.2, 0) is 11.2 Å². The molecule has 2 aromatic rings. The molecule has 1 amide bonds. The minimum Gasteiger partial charge on any atom is -0.382 e. The number of carbonyl (C=O) groups excluding carboxylic acids is 1. The maximum absolute atomic E-state index is 13.6. The molecule has 0 radical (unpaired) electrons. The number of nitrogens with one attached hydrogen (secondary N) is 3. The van der Waals surface area contributed by atoms with Gasteiger partial charge in [-0.25, -0.2) is 4.39 Å². The van der Waals surface area contributed by atoms with E-state index in [2.05, 4.69) is 21.7 Å². The zero-order chi connectivity index (χ0) is 19.8. The summed E-state index contributed by atoms with van der Waals surface area (Å²) in [6.45, 7) is 2.18. The number of halogens is 1. The number of carbonyl (C=O) groups is 1. The average Bonchev–Trinajstić information content (AvgIpc) is 3.07. The second-order valence-corrected chi connectivity index (χ2v) is 7.16. The van der Waals surface area contributed by atoms with Gasteiger partial charge in [-0.15, -0.1) is 0 Å². The van der Waals surface area contributed by atoms with Crippen molar-refractivity contribution < 1.29 is 12.0 Å². The second kappa shape index (κ2) is 6.97. The van der Waals surface area contributed by atoms with E-state index in [-0.39, 0.29) is 26.8 Å². The summed E-state index contributed by atoms with van der Waals surface area (Å²) in [5.41, 5.74) is 3.82. The molecule has 0 bridgehead atoms. The van der Waals surface area contributed by atoms with Gasteiger partial charge >= 0.3 is 0 Å². The molecule has 0 fully saturated rings. The van der Waals surface area contributed by atoms with E-state index < -0.39 is 5.82 Å². The summed E-state index contributed by atoms with van der Waals surface area (Å²) in [5, 5.41) is 15.8. The number of allylic oxidation sites excluding steroid dienone is 2. The number of amides is 1. The number of nitriles is 1. The number of H-pyrrole nitrogens is 1. The Morgan fingerprint density at radius 1 is 1.46 bits per heavy atom. The fourth-order valence-electron chi connectivity index (χ4n) is 3.94. The van der Waals surface area contributed by atoms with Gasteiger partial charge in [0, 0.05) is 37.1 Å². The molecule has 0 spiro atoms. The largest absolute Gasteiger partial charge is 0.382 e. The number of nitrogens with zero attached hydrogens (tertiary/aromatic N) is 1. The van der Waals surface area contributed by atoms with Gasteiger partial charge in [0.05, 0.1) is 18.5 Å². The van der Waals surface area contributed by atoms with Crippen molar-refractivity contribution in [1.29, 1.82) is 5.26 Å². The summed E-state index contributed by atoms with van der Waals surface area (Å²) in [7, 11) is 0. The quantitative estimate of drug-likeness (QED) is 0.760. The normalized spacial score (nSPS) is 18.3. The van der Waals surface area contributed by atoms with Crippen molar-refractivity contribution in [3.63, 3.8) is 0 Å². The summed E-state index contributed by atoms with van der Waals surface area (Å²) in [6.07, 6.45) is 3.33. The van der Waals surface area contributed by atoms with Crippen LogP contribution in [0, 0.1) is 24.1 Å². The highest BCUT2D eigenvalue weighted by Gasteiger charge is 2.28. The Morgan fingerprint density at radius 2 is 2.29 bits per heavy atom. The minimum atomic E-state index is -0.392. The summed E-state index contributed by atoms with van der Waals surface area (Å²) < 4.78 is 13.6. The first-order valence-electron chi connectivity index (χ1n) is 9.14. The number of rotatable bonds is 3. The molecule has 28 heavy (non-hydrogen) atoms. The number of aromatic amines is 1. The fourth-order valence-corrected chi connectivity index (χ4v) is 3.94. The Kier molecular flexibility index (Phi) is 4.47. The molecule has 1 aliphatic heterocycles. The molecule has 146 valence electrons. The highest BCUT2D eigenvalue weighted by molar-refractivity contribution is 5.86. The standard InChI is InChI=1S/C21H19FN4O2.2H2/c1-11-15-7-14(22)3-5-17(15)26-21(28)16(11)8-19(27)25-18-4-2-13-6-12(9-23)10-24-20(13)18;;/h3,5-7,18,24H,2,4,8,10H2,1H3,(H,25,27)(H,26,28);2*1H/t18-;;/m0../s1. The molecule has 2 heterocycles. The molecule has 1 atom stereocenters. The summed E-state index contributed by atoms with van der Waals surface area (Å²) in [4.78, 5) is 27.8. The maximum atomic E-state index is 13.6. The van der Waals surface area contributed by atoms with Gasteiger partial charge in [-0.3, -0.25) is 9.59 Å². The van der Waals surface area contributed by atoms with Crippen LogP contribution in [0.2, 0.25) is 0 Å². The molecule has 0 saturated carbocycles. The number of pyridine rings is 1. The third-order valence-electron chi connectivity index (χ3n) is 5.39. The topological polar surface area (TPSA) is 97.8 Å². The predicted molar refractivity (Wildman–Crippen MR) is 107 cm³/mol. The van der Waals surface area contributed by atoms with Crippen LogP contribution in [0.4, 0.5) is 4.39 Å². The highest BCUT2D eigenvalue weighted by atomic mass is 19.1. The first kappa shape index (κ1) is 18.0. The van der Waals surface area contributed by atoms with Crippen LogP contribution in [0.1, 0.15) is 26.8 Å². The second-order valence-electron chi connectivity index (χ2n) is 7.16. The van der Waals surface area contributed by atoms with E-state index in [1.165, 1.54) is 18.2 Å². The lowest BCUT2D eigenvalue weighted by Crippen LogP contribution is -2.41. The third kappa shape index (κ3) is 3.18. The van der Waals surface area contributed by atoms with Crippen LogP contribution >= 0.6 is 0 Å². The molecule has 3 N–H and O–H groups in total. The van der Waals surface area contributed by atoms with E-state index in [1.54, 1.807) is 6.92 Å². The fraction of sp³-hybridized carbons (Fsp3) is 0.286. The SMILES string of the molecule is Cc1c(CC(=O)N[C@H]2CCC3=C2NCC(C#N)=C3)c(=O)[nH]c2ccc(F)cc12.[HH].[HH]. The Hall–Kier alpha value is -3.40. The van der Waals surface area contributed by atoms with E-state index in [4.69, 9.17) is 5.26 Å². The first-order valence-corrected chi connectivity index (χ1v) is 9.14. The van der Waals surface area contributed by atoms with Crippen molar-refractivity contribution in [2.24, 2.45) is 0 Å². The number of aryl methyl sites for hydroxylation is 1. The van der Waals surface area contributed by atoms with Crippen LogP contribution in [0.3, 0.4) is 0 Å². The molecule has 0 saturated heterocycles. The van der Waals surface area contributed by atoms with Gasteiger partial charge in [-0.1, -0.05) is 0 Å². The van der Waals surface area contributed by atoms with Gasteiger partial charge < -0.3 is 15.6 Å². The van der Waals surface area contributed by atoms with E-state index in [9.17, 15) is 14.0 Å². The van der Waals surface area contributed by atoms with Gasteiger partial charge in [-0.2, -0.15) is 5.26 Å². The predicted octanol–water partition coefficient (Wildman–Crippen LogP) is 2.60. The molecule has 1 aliphatic carbocycles. The van der Waals surface area contributed by atoms with Gasteiger partial charge in [-0.05, 0) is 55.2 Å². The van der Waals surface area contributed by atoms with Crippen molar-refractivity contribution in [1.82, 2.24) is 15.6 Å². The van der Waals surface area contributed by atoms with E-state index >= 15 is 0 Å². The van der Waals surface area contributed by atoms with Crippen molar-refractivity contribution in [3.8, 4) is 6.07 Å². The van der Waals surface area contributed by atoms with Crippen molar-refractivity contribution >= 4 is 16.8 Å². The zero-order valence-electron chi connectivity index (χ0n) is 15.4. The Morgan fingerprint density at radius 3 is 3.07 bits per heavy atom. The van der Waals surface area contributed by atoms with Crippen molar-refractivity contribution in [2.75, 3.05) is 6.54 Å². The molecule has 4 rings (SSSR count). The van der Waals surface area contributed by atoms with Crippen LogP contribution in [0.5, 0.6) is 0 Å². The minimum absolute atomic E-state index is 0. The first-order chi connectivity index (χ1) is 13.5. The lowest BCUT2D eigenvalue weighted by atomic mass is 10.0. The molecular formula is C21H23FN4O2. The van der Waals surface area contributed by atoms with E-state index in [0.717, 1.165) is 24.1 Å². The van der Waals surface area contributed by atoms with Gasteiger partial charge in [0.15, 0.2) is 0 Å².